The molecule has 0 aromatic carbocycles. The van der Waals surface area contributed by atoms with E-state index in [2.05, 4.69) is 24.9 Å². The number of rotatable bonds is 7. The summed E-state index contributed by atoms with van der Waals surface area (Å²) in [4.78, 5) is 4.46. The summed E-state index contributed by atoms with van der Waals surface area (Å²) in [5.41, 5.74) is 2.42. The van der Waals surface area contributed by atoms with Gasteiger partial charge in [-0.25, -0.2) is 0 Å². The van der Waals surface area contributed by atoms with Crippen LogP contribution in [0.2, 0.25) is 0 Å². The van der Waals surface area contributed by atoms with Gasteiger partial charge in [0.1, 0.15) is 0 Å². The number of aliphatic hydroxyl groups is 1. The fraction of sp³-hybridized carbons (Fsp3) is 0.533. The van der Waals surface area contributed by atoms with Crippen molar-refractivity contribution in [2.45, 2.75) is 45.4 Å². The van der Waals surface area contributed by atoms with Crippen molar-refractivity contribution in [1.29, 1.82) is 0 Å². The molecule has 0 saturated carbocycles. The summed E-state index contributed by atoms with van der Waals surface area (Å²) in [5.74, 6) is 0.485. The number of unbranched alkanes of at least 4 members (excludes halogenated alkanes) is 1. The fourth-order valence-corrected chi connectivity index (χ4v) is 2.05. The lowest BCUT2D eigenvalue weighted by Gasteiger charge is -2.16. The van der Waals surface area contributed by atoms with E-state index in [0.717, 1.165) is 6.42 Å². The van der Waals surface area contributed by atoms with Crippen LogP contribution in [0.25, 0.3) is 0 Å². The largest absolute Gasteiger partial charge is 0.392 e. The van der Waals surface area contributed by atoms with Gasteiger partial charge in [-0.3, -0.25) is 4.98 Å². The number of aliphatic hydroxyl groups excluding tert-OH is 1. The van der Waals surface area contributed by atoms with Crippen LogP contribution >= 0.6 is 0 Å². The first-order valence-corrected chi connectivity index (χ1v) is 6.45. The Labute approximate surface area is 104 Å². The predicted octanol–water partition coefficient (Wildman–Crippen LogP) is 3.68. The summed E-state index contributed by atoms with van der Waals surface area (Å²) in [6.07, 6.45) is 8.36. The maximum atomic E-state index is 8.90. The quantitative estimate of drug-likeness (QED) is 0.729. The summed E-state index contributed by atoms with van der Waals surface area (Å²) in [6, 6.07) is 6.11. The number of nitrogens with zero attached hydrogens (tertiary/aromatic N) is 1. The third-order valence-corrected chi connectivity index (χ3v) is 3.02. The SMILES string of the molecule is CCCCC(C/C(C)=C/CO)c1ccccn1. The molecule has 1 N–H and O–H groups in total. The van der Waals surface area contributed by atoms with Crippen molar-refractivity contribution in [1.82, 2.24) is 4.98 Å². The summed E-state index contributed by atoms with van der Waals surface area (Å²) < 4.78 is 0. The molecule has 0 bridgehead atoms. The highest BCUT2D eigenvalue weighted by Gasteiger charge is 2.12. The molecule has 0 saturated heterocycles. The maximum Gasteiger partial charge on any atom is 0.0614 e. The predicted molar refractivity (Wildman–Crippen MR) is 72.0 cm³/mol. The number of hydrogen-bond donors (Lipinski definition) is 1. The van der Waals surface area contributed by atoms with Gasteiger partial charge in [-0.15, -0.1) is 0 Å². The van der Waals surface area contributed by atoms with Crippen LogP contribution in [0.15, 0.2) is 36.0 Å². The molecule has 0 spiro atoms. The van der Waals surface area contributed by atoms with E-state index in [0.29, 0.717) is 5.92 Å². The van der Waals surface area contributed by atoms with Crippen LogP contribution in [0.4, 0.5) is 0 Å². The molecule has 0 aliphatic heterocycles. The summed E-state index contributed by atoms with van der Waals surface area (Å²) >= 11 is 0. The Kier molecular flexibility index (Phi) is 6.56. The van der Waals surface area contributed by atoms with Crippen LogP contribution < -0.4 is 0 Å². The molecule has 1 unspecified atom stereocenters. The first kappa shape index (κ1) is 13.9. The van der Waals surface area contributed by atoms with Crippen molar-refractivity contribution in [3.8, 4) is 0 Å². The second-order valence-electron chi connectivity index (χ2n) is 4.53. The number of hydrogen-bond acceptors (Lipinski definition) is 2. The minimum atomic E-state index is 0.133. The van der Waals surface area contributed by atoms with E-state index >= 15 is 0 Å². The molecule has 94 valence electrons. The van der Waals surface area contributed by atoms with Crippen molar-refractivity contribution in [3.05, 3.63) is 41.7 Å². The van der Waals surface area contributed by atoms with Gasteiger partial charge in [0.15, 0.2) is 0 Å². The minimum Gasteiger partial charge on any atom is -0.392 e. The van der Waals surface area contributed by atoms with Crippen molar-refractivity contribution in [2.75, 3.05) is 6.61 Å². The van der Waals surface area contributed by atoms with Gasteiger partial charge in [-0.2, -0.15) is 0 Å². The minimum absolute atomic E-state index is 0.133. The molecule has 1 atom stereocenters. The van der Waals surface area contributed by atoms with Gasteiger partial charge in [-0.05, 0) is 31.9 Å². The molecule has 0 aliphatic carbocycles. The molecule has 1 rings (SSSR count). The highest BCUT2D eigenvalue weighted by molar-refractivity contribution is 5.13. The molecule has 17 heavy (non-hydrogen) atoms. The van der Waals surface area contributed by atoms with Crippen molar-refractivity contribution in [3.63, 3.8) is 0 Å². The van der Waals surface area contributed by atoms with E-state index in [1.165, 1.54) is 30.5 Å². The van der Waals surface area contributed by atoms with Crippen LogP contribution in [0.1, 0.15) is 51.1 Å². The van der Waals surface area contributed by atoms with Crippen molar-refractivity contribution in [2.24, 2.45) is 0 Å². The Balaban J connectivity index is 2.70. The molecule has 2 heteroatoms. The molecule has 0 radical (unpaired) electrons. The van der Waals surface area contributed by atoms with Gasteiger partial charge < -0.3 is 5.11 Å². The number of pyridine rings is 1. The first-order valence-electron chi connectivity index (χ1n) is 6.45. The van der Waals surface area contributed by atoms with Gasteiger partial charge in [0.05, 0.1) is 6.61 Å². The molecule has 0 amide bonds. The van der Waals surface area contributed by atoms with E-state index < -0.39 is 0 Å². The number of aromatic nitrogens is 1. The highest BCUT2D eigenvalue weighted by atomic mass is 16.2. The Morgan fingerprint density at radius 2 is 2.29 bits per heavy atom. The zero-order chi connectivity index (χ0) is 12.5. The Bertz CT molecular complexity index is 332. The molecule has 2 nitrogen and oxygen atoms in total. The van der Waals surface area contributed by atoms with Gasteiger partial charge >= 0.3 is 0 Å². The zero-order valence-corrected chi connectivity index (χ0v) is 10.9. The van der Waals surface area contributed by atoms with Crippen LogP contribution in [-0.4, -0.2) is 16.7 Å². The Morgan fingerprint density at radius 1 is 1.47 bits per heavy atom. The maximum absolute atomic E-state index is 8.90. The normalized spacial score (nSPS) is 13.7. The standard InChI is InChI=1S/C15H23NO/c1-3-4-7-14(12-13(2)9-11-17)15-8-5-6-10-16-15/h5-6,8-10,14,17H,3-4,7,11-12H2,1-2H3/b13-9+. The first-order chi connectivity index (χ1) is 8.27. The smallest absolute Gasteiger partial charge is 0.0614 e. The topological polar surface area (TPSA) is 33.1 Å². The molecule has 1 aromatic rings. The molecular weight excluding hydrogens is 210 g/mol. The summed E-state index contributed by atoms with van der Waals surface area (Å²) in [6.45, 7) is 4.43. The summed E-state index contributed by atoms with van der Waals surface area (Å²) in [5, 5.41) is 8.90. The van der Waals surface area contributed by atoms with Crippen molar-refractivity contribution < 1.29 is 5.11 Å². The third-order valence-electron chi connectivity index (χ3n) is 3.02. The average Bonchev–Trinajstić information content (AvgIpc) is 2.36. The lowest BCUT2D eigenvalue weighted by Crippen LogP contribution is -2.02. The zero-order valence-electron chi connectivity index (χ0n) is 10.9. The van der Waals surface area contributed by atoms with Gasteiger partial charge in [0.2, 0.25) is 0 Å². The fourth-order valence-electron chi connectivity index (χ4n) is 2.05. The number of allylic oxidation sites excluding steroid dienone is 1. The van der Waals surface area contributed by atoms with Crippen molar-refractivity contribution >= 4 is 0 Å². The van der Waals surface area contributed by atoms with Crippen LogP contribution in [0.3, 0.4) is 0 Å². The molecule has 1 aromatic heterocycles. The molecule has 0 aliphatic rings. The van der Waals surface area contributed by atoms with Gasteiger partial charge in [-0.1, -0.05) is 37.5 Å². The second-order valence-corrected chi connectivity index (χ2v) is 4.53. The third kappa shape index (κ3) is 5.14. The lowest BCUT2D eigenvalue weighted by molar-refractivity contribution is 0.341. The highest BCUT2D eigenvalue weighted by Crippen LogP contribution is 2.27. The van der Waals surface area contributed by atoms with Crippen LogP contribution in [0, 0.1) is 0 Å². The molecule has 1 heterocycles. The Hall–Kier alpha value is -1.15. The summed E-state index contributed by atoms with van der Waals surface area (Å²) in [7, 11) is 0. The van der Waals surface area contributed by atoms with E-state index in [4.69, 9.17) is 5.11 Å². The van der Waals surface area contributed by atoms with Crippen LogP contribution in [0.5, 0.6) is 0 Å². The van der Waals surface area contributed by atoms with Crippen LogP contribution in [-0.2, 0) is 0 Å². The van der Waals surface area contributed by atoms with E-state index in [9.17, 15) is 0 Å². The second kappa shape index (κ2) is 8.02. The van der Waals surface area contributed by atoms with Gasteiger partial charge in [0.25, 0.3) is 0 Å². The van der Waals surface area contributed by atoms with E-state index in [-0.39, 0.29) is 6.61 Å². The van der Waals surface area contributed by atoms with E-state index in [1.54, 1.807) is 0 Å². The van der Waals surface area contributed by atoms with E-state index in [1.807, 2.05) is 24.4 Å². The molecular formula is C15H23NO. The lowest BCUT2D eigenvalue weighted by atomic mass is 9.91. The average molecular weight is 233 g/mol. The monoisotopic (exact) mass is 233 g/mol. The van der Waals surface area contributed by atoms with Gasteiger partial charge in [0, 0.05) is 17.8 Å². The Morgan fingerprint density at radius 3 is 2.88 bits per heavy atom. The molecule has 0 fully saturated rings.